The summed E-state index contributed by atoms with van der Waals surface area (Å²) in [6.07, 6.45) is 8.67. The highest BCUT2D eigenvalue weighted by Gasteiger charge is 2.10. The van der Waals surface area contributed by atoms with E-state index in [2.05, 4.69) is 45.3 Å². The zero-order chi connectivity index (χ0) is 23.7. The zero-order valence-electron chi connectivity index (χ0n) is 19.9. The van der Waals surface area contributed by atoms with Gasteiger partial charge in [-0.2, -0.15) is 0 Å². The molecule has 0 aliphatic heterocycles. The predicted molar refractivity (Wildman–Crippen MR) is 136 cm³/mol. The van der Waals surface area contributed by atoms with Crippen LogP contribution in [0.25, 0.3) is 0 Å². The summed E-state index contributed by atoms with van der Waals surface area (Å²) in [7, 11) is 0. The lowest BCUT2D eigenvalue weighted by Crippen LogP contribution is -2.25. The van der Waals surface area contributed by atoms with Gasteiger partial charge in [0.1, 0.15) is 11.5 Å². The Bertz CT molecular complexity index is 1030. The molecule has 0 bridgehead atoms. The monoisotopic (exact) mass is 450 g/mol. The van der Waals surface area contributed by atoms with E-state index in [1.54, 1.807) is 24.8 Å². The van der Waals surface area contributed by atoms with E-state index < -0.39 is 0 Å². The van der Waals surface area contributed by atoms with Gasteiger partial charge in [-0.15, -0.1) is 11.8 Å². The number of hydrogen-bond acceptors (Lipinski definition) is 4. The van der Waals surface area contributed by atoms with Crippen LogP contribution in [0.3, 0.4) is 0 Å². The van der Waals surface area contributed by atoms with Crippen LogP contribution in [0.2, 0.25) is 0 Å². The fourth-order valence-corrected chi connectivity index (χ4v) is 3.66. The van der Waals surface area contributed by atoms with Crippen molar-refractivity contribution < 1.29 is 9.53 Å². The van der Waals surface area contributed by atoms with Crippen LogP contribution < -0.4 is 15.8 Å². The average Bonchev–Trinajstić information content (AvgIpc) is 2.78. The van der Waals surface area contributed by atoms with Crippen LogP contribution in [-0.4, -0.2) is 12.2 Å². The molecule has 2 rings (SSSR count). The lowest BCUT2D eigenvalue weighted by atomic mass is 10.1. The van der Waals surface area contributed by atoms with Gasteiger partial charge in [0.15, 0.2) is 0 Å². The summed E-state index contributed by atoms with van der Waals surface area (Å²) in [6.45, 7) is 10.5. The third-order valence-corrected chi connectivity index (χ3v) is 6.26. The fourth-order valence-electron chi connectivity index (χ4n) is 3.00. The smallest absolute Gasteiger partial charge is 0.253 e. The molecule has 0 radical (unpaired) electrons. The predicted octanol–water partition coefficient (Wildman–Crippen LogP) is 6.58. The molecule has 3 N–H and O–H groups in total. The highest BCUT2D eigenvalue weighted by molar-refractivity contribution is 7.98. The molecule has 4 nitrogen and oxygen atoms in total. The van der Waals surface area contributed by atoms with Crippen molar-refractivity contribution in [3.05, 3.63) is 88.2 Å². The first-order valence-electron chi connectivity index (χ1n) is 10.8. The normalized spacial score (nSPS) is 12.6. The number of nitrogens with two attached hydrogens (primary N) is 1. The number of carbonyl (C=O) groups excluding carboxylic acids is 1. The van der Waals surface area contributed by atoms with Crippen LogP contribution >= 0.6 is 11.8 Å². The molecule has 170 valence electrons. The number of thioether (sulfide) groups is 1. The Morgan fingerprint density at radius 2 is 1.78 bits per heavy atom. The Morgan fingerprint density at radius 1 is 1.09 bits per heavy atom. The molecule has 0 saturated carbocycles. The van der Waals surface area contributed by atoms with Gasteiger partial charge in [-0.05, 0) is 87.4 Å². The van der Waals surface area contributed by atoms with Crippen LogP contribution in [0.4, 0.5) is 0 Å². The molecule has 0 atom stereocenters. The first-order chi connectivity index (χ1) is 15.3. The molecule has 5 heteroatoms. The van der Waals surface area contributed by atoms with Gasteiger partial charge in [0.2, 0.25) is 0 Å². The number of allylic oxidation sites excluding steroid dienone is 4. The van der Waals surface area contributed by atoms with Gasteiger partial charge in [-0.25, -0.2) is 0 Å². The minimum atomic E-state index is -0.191. The first-order valence-corrected chi connectivity index (χ1v) is 12.0. The summed E-state index contributed by atoms with van der Waals surface area (Å²) in [5.41, 5.74) is 11.5. The molecule has 0 heterocycles. The molecule has 0 unspecified atom stereocenters. The highest BCUT2D eigenvalue weighted by atomic mass is 32.2. The minimum Gasteiger partial charge on any atom is -0.457 e. The van der Waals surface area contributed by atoms with Gasteiger partial charge in [0.05, 0.1) is 5.57 Å². The maximum absolute atomic E-state index is 12.6. The highest BCUT2D eigenvalue weighted by Crippen LogP contribution is 2.32. The Kier molecular flexibility index (Phi) is 9.66. The van der Waals surface area contributed by atoms with Crippen molar-refractivity contribution >= 4 is 17.7 Å². The van der Waals surface area contributed by atoms with E-state index in [9.17, 15) is 4.79 Å². The van der Waals surface area contributed by atoms with E-state index >= 15 is 0 Å². The third-order valence-electron chi connectivity index (χ3n) is 5.38. The fraction of sp³-hybridized carbons (Fsp3) is 0.296. The summed E-state index contributed by atoms with van der Waals surface area (Å²) in [6, 6.07) is 11.8. The Labute approximate surface area is 196 Å². The Hall–Kier alpha value is -2.92. The molecule has 0 aromatic heterocycles. The first kappa shape index (κ1) is 25.3. The van der Waals surface area contributed by atoms with Crippen molar-refractivity contribution in [1.82, 2.24) is 5.32 Å². The van der Waals surface area contributed by atoms with Gasteiger partial charge in [0, 0.05) is 17.1 Å². The van der Waals surface area contributed by atoms with E-state index in [0.717, 1.165) is 29.0 Å². The maximum atomic E-state index is 12.6. The summed E-state index contributed by atoms with van der Waals surface area (Å²) in [5.74, 6) is 1.43. The van der Waals surface area contributed by atoms with E-state index in [1.807, 2.05) is 42.5 Å². The zero-order valence-corrected chi connectivity index (χ0v) is 20.7. The largest absolute Gasteiger partial charge is 0.457 e. The number of nitrogens with one attached hydrogen (secondary N) is 1. The Balaban J connectivity index is 2.01. The van der Waals surface area contributed by atoms with Gasteiger partial charge in [-0.1, -0.05) is 36.8 Å². The van der Waals surface area contributed by atoms with Crippen molar-refractivity contribution in [2.45, 2.75) is 52.5 Å². The van der Waals surface area contributed by atoms with E-state index in [4.69, 9.17) is 10.5 Å². The van der Waals surface area contributed by atoms with Crippen LogP contribution in [0, 0.1) is 13.8 Å². The summed E-state index contributed by atoms with van der Waals surface area (Å²) < 4.78 is 6.08. The van der Waals surface area contributed by atoms with Crippen molar-refractivity contribution in [2.24, 2.45) is 5.73 Å². The van der Waals surface area contributed by atoms with E-state index in [1.165, 1.54) is 16.0 Å². The van der Waals surface area contributed by atoms with Gasteiger partial charge in [-0.3, -0.25) is 4.79 Å². The van der Waals surface area contributed by atoms with Crippen LogP contribution in [-0.2, 0) is 11.3 Å². The average molecular weight is 451 g/mol. The van der Waals surface area contributed by atoms with Gasteiger partial charge < -0.3 is 15.8 Å². The molecule has 32 heavy (non-hydrogen) atoms. The number of hydrogen-bond donors (Lipinski definition) is 2. The lowest BCUT2D eigenvalue weighted by molar-refractivity contribution is -0.117. The number of amides is 1. The summed E-state index contributed by atoms with van der Waals surface area (Å²) in [5, 5.41) is 2.94. The molecule has 0 saturated heterocycles. The minimum absolute atomic E-state index is 0.191. The molecule has 1 amide bonds. The van der Waals surface area contributed by atoms with Crippen molar-refractivity contribution in [3.63, 3.8) is 0 Å². The lowest BCUT2D eigenvalue weighted by Gasteiger charge is -2.13. The molecular weight excluding hydrogens is 416 g/mol. The van der Waals surface area contributed by atoms with Gasteiger partial charge >= 0.3 is 0 Å². The third kappa shape index (κ3) is 7.06. The summed E-state index contributed by atoms with van der Waals surface area (Å²) in [4.78, 5) is 13.8. The number of carbonyl (C=O) groups is 1. The van der Waals surface area contributed by atoms with Crippen molar-refractivity contribution in [3.8, 4) is 11.5 Å². The quantitative estimate of drug-likeness (QED) is 0.257. The van der Waals surface area contributed by atoms with Gasteiger partial charge in [0.25, 0.3) is 5.91 Å². The second-order valence-electron chi connectivity index (χ2n) is 7.77. The standard InChI is InChI=1S/C27H34N2O2S/c1-7-18(2)9-8-10-24(21(5)28)27(30)29-17-22-11-13-23(14-12-22)31-25-15-16-26(32-6)20(4)19(25)3/h8-16H,7,17,28H2,1-6H3,(H,29,30)/b10-8-,18-9?,24-21-. The molecule has 2 aromatic rings. The second-order valence-corrected chi connectivity index (χ2v) is 8.62. The molecule has 2 aromatic carbocycles. The number of ether oxygens (including phenoxy) is 1. The molecular formula is C27H34N2O2S. The Morgan fingerprint density at radius 3 is 2.38 bits per heavy atom. The maximum Gasteiger partial charge on any atom is 0.253 e. The summed E-state index contributed by atoms with van der Waals surface area (Å²) >= 11 is 1.74. The van der Waals surface area contributed by atoms with Crippen LogP contribution in [0.15, 0.2) is 76.4 Å². The SMILES string of the molecule is CCC(C)=C/C=C\C(C(=O)NCc1ccc(Oc2ccc(SC)c(C)c2C)cc1)=C(/C)N. The molecule has 0 spiro atoms. The van der Waals surface area contributed by atoms with E-state index in [0.29, 0.717) is 17.8 Å². The second kappa shape index (κ2) is 12.2. The van der Waals surface area contributed by atoms with Crippen molar-refractivity contribution in [1.29, 1.82) is 0 Å². The number of rotatable bonds is 9. The molecule has 0 fully saturated rings. The van der Waals surface area contributed by atoms with E-state index in [-0.39, 0.29) is 5.91 Å². The molecule has 0 aliphatic rings. The number of benzene rings is 2. The van der Waals surface area contributed by atoms with Crippen LogP contribution in [0.1, 0.15) is 43.9 Å². The molecule has 0 aliphatic carbocycles. The van der Waals surface area contributed by atoms with Crippen molar-refractivity contribution in [2.75, 3.05) is 6.26 Å². The van der Waals surface area contributed by atoms with Crippen LogP contribution in [0.5, 0.6) is 11.5 Å². The topological polar surface area (TPSA) is 64.3 Å².